The van der Waals surface area contributed by atoms with Gasteiger partial charge >= 0.3 is 0 Å². The van der Waals surface area contributed by atoms with Crippen LogP contribution in [0.2, 0.25) is 0 Å². The Morgan fingerprint density at radius 2 is 2.27 bits per heavy atom. The SMILES string of the molecule is C1=CC2=C(C=C=NN2)C=CN=1. The maximum absolute atomic E-state index is 3.84. The minimum absolute atomic E-state index is 0.904. The highest BCUT2D eigenvalue weighted by Crippen LogP contribution is 2.08. The Hall–Kier alpha value is -1.82. The highest BCUT2D eigenvalue weighted by atomic mass is 15.3. The van der Waals surface area contributed by atoms with Gasteiger partial charge in [-0.3, -0.25) is 5.43 Å². The van der Waals surface area contributed by atoms with Crippen LogP contribution in [0, 0.1) is 0 Å². The predicted molar refractivity (Wildman–Crippen MR) is 43.3 cm³/mol. The molecule has 2 aliphatic rings. The molecule has 0 radical (unpaired) electrons. The molecular weight excluding hydrogens is 138 g/mol. The van der Waals surface area contributed by atoms with Crippen molar-refractivity contribution in [2.75, 3.05) is 0 Å². The molecule has 0 fully saturated rings. The second-order valence-electron chi connectivity index (χ2n) is 2.08. The highest BCUT2D eigenvalue weighted by Gasteiger charge is 2.00. The van der Waals surface area contributed by atoms with E-state index in [4.69, 9.17) is 0 Å². The maximum Gasteiger partial charge on any atom is 0.0741 e. The molecule has 0 amide bonds. The van der Waals surface area contributed by atoms with Crippen LogP contribution in [0.1, 0.15) is 0 Å². The Balaban J connectivity index is 2.53. The molecule has 2 aliphatic heterocycles. The summed E-state index contributed by atoms with van der Waals surface area (Å²) in [6.07, 6.45) is 7.10. The third-order valence-electron chi connectivity index (χ3n) is 1.38. The normalized spacial score (nSPS) is 18.2. The lowest BCUT2D eigenvalue weighted by Gasteiger charge is -2.03. The van der Waals surface area contributed by atoms with Gasteiger partial charge in [0, 0.05) is 29.8 Å². The zero-order chi connectivity index (χ0) is 7.52. The van der Waals surface area contributed by atoms with E-state index in [-0.39, 0.29) is 0 Å². The van der Waals surface area contributed by atoms with Crippen LogP contribution in [0.3, 0.4) is 0 Å². The summed E-state index contributed by atoms with van der Waals surface area (Å²) in [6.45, 7) is 0. The summed E-state index contributed by atoms with van der Waals surface area (Å²) in [4.78, 5) is 3.84. The van der Waals surface area contributed by atoms with Gasteiger partial charge in [-0.15, -0.1) is 5.10 Å². The van der Waals surface area contributed by atoms with E-state index < -0.39 is 0 Å². The van der Waals surface area contributed by atoms with Crippen LogP contribution in [0.4, 0.5) is 0 Å². The lowest BCUT2D eigenvalue weighted by atomic mass is 10.2. The van der Waals surface area contributed by atoms with Crippen LogP contribution >= 0.6 is 0 Å². The van der Waals surface area contributed by atoms with Gasteiger partial charge in [0.25, 0.3) is 0 Å². The van der Waals surface area contributed by atoms with Crippen molar-refractivity contribution in [3.8, 4) is 0 Å². The topological polar surface area (TPSA) is 36.8 Å². The monoisotopic (exact) mass is 143 g/mol. The average Bonchev–Trinajstić information content (AvgIpc) is 2.28. The van der Waals surface area contributed by atoms with E-state index in [1.54, 1.807) is 18.4 Å². The quantitative estimate of drug-likeness (QED) is 0.533. The van der Waals surface area contributed by atoms with Crippen molar-refractivity contribution in [1.82, 2.24) is 5.43 Å². The van der Waals surface area contributed by atoms with Crippen LogP contribution in [-0.2, 0) is 0 Å². The van der Waals surface area contributed by atoms with Crippen molar-refractivity contribution < 1.29 is 0 Å². The molecule has 1 N–H and O–H groups in total. The Kier molecular flexibility index (Phi) is 1.31. The van der Waals surface area contributed by atoms with Gasteiger partial charge in [0.05, 0.1) is 5.70 Å². The van der Waals surface area contributed by atoms with E-state index in [0.29, 0.717) is 0 Å². The first kappa shape index (κ1) is 5.93. The number of hydrogen-bond donors (Lipinski definition) is 1. The summed E-state index contributed by atoms with van der Waals surface area (Å²) in [6, 6.07) is 0. The number of hydrogen-bond acceptors (Lipinski definition) is 3. The number of aliphatic imine (C=N–C) groups is 1. The summed E-state index contributed by atoms with van der Waals surface area (Å²) >= 11 is 0. The van der Waals surface area contributed by atoms with Crippen LogP contribution in [0.5, 0.6) is 0 Å². The minimum atomic E-state index is 0.904. The molecule has 0 aromatic heterocycles. The summed E-state index contributed by atoms with van der Waals surface area (Å²) in [7, 11) is 0. The van der Waals surface area contributed by atoms with Gasteiger partial charge in [0.2, 0.25) is 0 Å². The van der Waals surface area contributed by atoms with Gasteiger partial charge in [-0.25, -0.2) is 4.99 Å². The van der Waals surface area contributed by atoms with Gasteiger partial charge < -0.3 is 0 Å². The first-order valence-electron chi connectivity index (χ1n) is 3.21. The van der Waals surface area contributed by atoms with Crippen LogP contribution in [-0.4, -0.2) is 11.7 Å². The van der Waals surface area contributed by atoms with E-state index in [0.717, 1.165) is 11.3 Å². The van der Waals surface area contributed by atoms with E-state index in [1.165, 1.54) is 0 Å². The highest BCUT2D eigenvalue weighted by molar-refractivity contribution is 5.68. The Morgan fingerprint density at radius 1 is 1.27 bits per heavy atom. The summed E-state index contributed by atoms with van der Waals surface area (Å²) in [5.74, 6) is 5.43. The Morgan fingerprint density at radius 3 is 3.27 bits per heavy atom. The van der Waals surface area contributed by atoms with Gasteiger partial charge in [0.1, 0.15) is 0 Å². The molecule has 3 nitrogen and oxygen atoms in total. The van der Waals surface area contributed by atoms with Crippen molar-refractivity contribution in [3.05, 3.63) is 35.7 Å². The van der Waals surface area contributed by atoms with E-state index in [9.17, 15) is 0 Å². The Labute approximate surface area is 63.8 Å². The molecule has 0 aliphatic carbocycles. The van der Waals surface area contributed by atoms with Crippen molar-refractivity contribution in [1.29, 1.82) is 0 Å². The average molecular weight is 143 g/mol. The van der Waals surface area contributed by atoms with E-state index in [2.05, 4.69) is 27.3 Å². The molecule has 0 bridgehead atoms. The smallest absolute Gasteiger partial charge is 0.0741 e. The Bertz CT molecular complexity index is 359. The molecule has 11 heavy (non-hydrogen) atoms. The fourth-order valence-corrected chi connectivity index (χ4v) is 0.853. The maximum atomic E-state index is 3.84. The summed E-state index contributed by atoms with van der Waals surface area (Å²) in [5.41, 5.74) is 4.72. The number of nitrogens with one attached hydrogen (secondary N) is 1. The lowest BCUT2D eigenvalue weighted by molar-refractivity contribution is 0.914. The van der Waals surface area contributed by atoms with Crippen LogP contribution in [0.15, 0.2) is 45.8 Å². The number of nitrogens with zero attached hydrogens (tertiary/aromatic N) is 2. The lowest BCUT2D eigenvalue weighted by Crippen LogP contribution is -2.07. The first-order valence-corrected chi connectivity index (χ1v) is 3.21. The molecular formula is C8H5N3. The van der Waals surface area contributed by atoms with E-state index in [1.807, 2.05) is 6.08 Å². The van der Waals surface area contributed by atoms with E-state index >= 15 is 0 Å². The standard InChI is InChI=1S/C8H5N3/c1-4-9-5-3-8-7(1)2-6-10-11-8/h1-4,11H. The second-order valence-corrected chi connectivity index (χ2v) is 2.08. The third kappa shape index (κ3) is 1.06. The van der Waals surface area contributed by atoms with Gasteiger partial charge in [-0.05, 0) is 11.9 Å². The zero-order valence-corrected chi connectivity index (χ0v) is 5.70. The first-order chi connectivity index (χ1) is 5.47. The largest absolute Gasteiger partial charge is 0.269 e. The van der Waals surface area contributed by atoms with Gasteiger partial charge in [-0.1, -0.05) is 0 Å². The van der Waals surface area contributed by atoms with Crippen molar-refractivity contribution in [2.45, 2.75) is 0 Å². The fourth-order valence-electron chi connectivity index (χ4n) is 0.853. The molecule has 0 saturated carbocycles. The molecule has 0 saturated heterocycles. The number of allylic oxidation sites excluding steroid dienone is 4. The molecule has 0 aromatic carbocycles. The third-order valence-corrected chi connectivity index (χ3v) is 1.38. The fraction of sp³-hybridized carbons (Fsp3) is 0. The zero-order valence-electron chi connectivity index (χ0n) is 5.70. The van der Waals surface area contributed by atoms with Crippen molar-refractivity contribution >= 4 is 11.7 Å². The van der Waals surface area contributed by atoms with Crippen molar-refractivity contribution in [3.63, 3.8) is 0 Å². The molecule has 0 atom stereocenters. The van der Waals surface area contributed by atoms with Crippen LogP contribution in [0.25, 0.3) is 0 Å². The summed E-state index contributed by atoms with van der Waals surface area (Å²) < 4.78 is 0. The number of rotatable bonds is 0. The molecule has 2 rings (SSSR count). The number of hydrazone groups is 1. The van der Waals surface area contributed by atoms with Gasteiger partial charge in [-0.2, -0.15) is 0 Å². The van der Waals surface area contributed by atoms with Crippen molar-refractivity contribution in [2.24, 2.45) is 10.1 Å². The van der Waals surface area contributed by atoms with Gasteiger partial charge in [0.15, 0.2) is 0 Å². The van der Waals surface area contributed by atoms with Crippen LogP contribution < -0.4 is 5.43 Å². The predicted octanol–water partition coefficient (Wildman–Crippen LogP) is 0.738. The second kappa shape index (κ2) is 2.43. The molecule has 3 heteroatoms. The summed E-state index contributed by atoms with van der Waals surface area (Å²) in [5, 5.41) is 3.74. The molecule has 0 spiro atoms. The molecule has 0 aromatic rings. The molecule has 0 unspecified atom stereocenters. The minimum Gasteiger partial charge on any atom is -0.269 e. The molecule has 52 valence electrons. The molecule has 2 heterocycles.